The standard InChI is InChI=1S/C8H10BrClN2O.ClH/c9-4-1-2-5(10)8(13)7(4)6(12)3-11;/h1-2,6,13H,3,11-12H2;1H/t6-;/m1./s1. The lowest BCUT2D eigenvalue weighted by atomic mass is 10.1. The third kappa shape index (κ3) is 2.74. The summed E-state index contributed by atoms with van der Waals surface area (Å²) in [6.45, 7) is 0.256. The van der Waals surface area contributed by atoms with Crippen molar-refractivity contribution < 1.29 is 5.11 Å². The lowest BCUT2D eigenvalue weighted by molar-refractivity contribution is 0.461. The second-order valence-electron chi connectivity index (χ2n) is 2.63. The van der Waals surface area contributed by atoms with Crippen LogP contribution in [0.25, 0.3) is 0 Å². The maximum Gasteiger partial charge on any atom is 0.140 e. The van der Waals surface area contributed by atoms with Gasteiger partial charge >= 0.3 is 0 Å². The Labute approximate surface area is 102 Å². The molecule has 0 unspecified atom stereocenters. The van der Waals surface area contributed by atoms with Crippen LogP contribution in [0.3, 0.4) is 0 Å². The van der Waals surface area contributed by atoms with E-state index >= 15 is 0 Å². The van der Waals surface area contributed by atoms with Gasteiger partial charge in [-0.05, 0) is 12.1 Å². The Morgan fingerprint density at radius 2 is 2.07 bits per heavy atom. The molecule has 0 aliphatic heterocycles. The predicted molar refractivity (Wildman–Crippen MR) is 64.0 cm³/mol. The smallest absolute Gasteiger partial charge is 0.140 e. The summed E-state index contributed by atoms with van der Waals surface area (Å²) in [6, 6.07) is 2.91. The van der Waals surface area contributed by atoms with Gasteiger partial charge in [0, 0.05) is 22.6 Å². The average Bonchev–Trinajstić information content (AvgIpc) is 2.12. The molecular weight excluding hydrogens is 291 g/mol. The van der Waals surface area contributed by atoms with Gasteiger partial charge in [0.15, 0.2) is 0 Å². The van der Waals surface area contributed by atoms with Crippen LogP contribution < -0.4 is 11.5 Å². The first kappa shape index (κ1) is 14.0. The maximum absolute atomic E-state index is 9.58. The third-order valence-corrected chi connectivity index (χ3v) is 2.74. The highest BCUT2D eigenvalue weighted by Gasteiger charge is 2.15. The van der Waals surface area contributed by atoms with Crippen molar-refractivity contribution in [3.8, 4) is 5.75 Å². The van der Waals surface area contributed by atoms with Gasteiger partial charge in [-0.15, -0.1) is 12.4 Å². The van der Waals surface area contributed by atoms with E-state index in [0.29, 0.717) is 10.0 Å². The molecule has 1 atom stereocenters. The van der Waals surface area contributed by atoms with Gasteiger partial charge in [-0.2, -0.15) is 0 Å². The highest BCUT2D eigenvalue weighted by atomic mass is 79.9. The normalized spacial score (nSPS) is 12.0. The summed E-state index contributed by atoms with van der Waals surface area (Å²) in [6.07, 6.45) is 0. The van der Waals surface area contributed by atoms with Gasteiger partial charge in [0.1, 0.15) is 5.75 Å². The molecule has 0 spiro atoms. The number of rotatable bonds is 2. The van der Waals surface area contributed by atoms with Crippen molar-refractivity contribution in [1.29, 1.82) is 0 Å². The van der Waals surface area contributed by atoms with E-state index in [1.807, 2.05) is 0 Å². The first-order chi connectivity index (χ1) is 6.07. The fourth-order valence-corrected chi connectivity index (χ4v) is 1.81. The number of aromatic hydroxyl groups is 1. The summed E-state index contributed by atoms with van der Waals surface area (Å²) in [5, 5.41) is 9.86. The lowest BCUT2D eigenvalue weighted by Crippen LogP contribution is -2.21. The molecule has 5 N–H and O–H groups in total. The molecule has 0 aliphatic rings. The van der Waals surface area contributed by atoms with E-state index in [4.69, 9.17) is 23.1 Å². The molecule has 14 heavy (non-hydrogen) atoms. The Morgan fingerprint density at radius 1 is 1.50 bits per heavy atom. The molecule has 0 saturated carbocycles. The number of hydrogen-bond acceptors (Lipinski definition) is 3. The number of nitrogens with two attached hydrogens (primary N) is 2. The summed E-state index contributed by atoms with van der Waals surface area (Å²) in [7, 11) is 0. The van der Waals surface area contributed by atoms with E-state index in [2.05, 4.69) is 15.9 Å². The van der Waals surface area contributed by atoms with Crippen molar-refractivity contribution >= 4 is 39.9 Å². The molecule has 1 aromatic rings. The van der Waals surface area contributed by atoms with Gasteiger partial charge in [0.2, 0.25) is 0 Å². The number of phenols is 1. The van der Waals surface area contributed by atoms with Crippen LogP contribution >= 0.6 is 39.9 Å². The van der Waals surface area contributed by atoms with Gasteiger partial charge < -0.3 is 16.6 Å². The van der Waals surface area contributed by atoms with Crippen LogP contribution in [-0.2, 0) is 0 Å². The molecule has 1 rings (SSSR count). The van der Waals surface area contributed by atoms with Gasteiger partial charge in [0.25, 0.3) is 0 Å². The quantitative estimate of drug-likeness (QED) is 0.784. The molecular formula is C8H11BrCl2N2O. The number of hydrogen-bond donors (Lipinski definition) is 3. The minimum atomic E-state index is -0.409. The van der Waals surface area contributed by atoms with Gasteiger partial charge in [-0.3, -0.25) is 0 Å². The van der Waals surface area contributed by atoms with E-state index in [1.165, 1.54) is 0 Å². The molecule has 0 bridgehead atoms. The minimum absolute atomic E-state index is 0. The van der Waals surface area contributed by atoms with Crippen LogP contribution in [-0.4, -0.2) is 11.7 Å². The molecule has 0 heterocycles. The maximum atomic E-state index is 9.58. The zero-order chi connectivity index (χ0) is 10.0. The average molecular weight is 302 g/mol. The Balaban J connectivity index is 0.00000169. The van der Waals surface area contributed by atoms with Gasteiger partial charge in [-0.1, -0.05) is 27.5 Å². The van der Waals surface area contributed by atoms with Gasteiger partial charge in [-0.25, -0.2) is 0 Å². The molecule has 0 saturated heterocycles. The summed E-state index contributed by atoms with van der Waals surface area (Å²) >= 11 is 8.99. The van der Waals surface area contributed by atoms with E-state index in [0.717, 1.165) is 0 Å². The summed E-state index contributed by atoms with van der Waals surface area (Å²) in [4.78, 5) is 0. The van der Waals surface area contributed by atoms with Crippen molar-refractivity contribution in [1.82, 2.24) is 0 Å². The first-order valence-electron chi connectivity index (χ1n) is 3.70. The van der Waals surface area contributed by atoms with Crippen molar-refractivity contribution in [2.24, 2.45) is 11.5 Å². The van der Waals surface area contributed by atoms with Crippen LogP contribution in [0, 0.1) is 0 Å². The molecule has 0 aliphatic carbocycles. The van der Waals surface area contributed by atoms with E-state index in [9.17, 15) is 5.11 Å². The Bertz CT molecular complexity index is 322. The Morgan fingerprint density at radius 3 is 2.57 bits per heavy atom. The summed E-state index contributed by atoms with van der Waals surface area (Å²) in [5.74, 6) is -0.00556. The van der Waals surface area contributed by atoms with Crippen molar-refractivity contribution in [2.75, 3.05) is 6.54 Å². The zero-order valence-electron chi connectivity index (χ0n) is 7.21. The molecule has 1 aromatic carbocycles. The Kier molecular flexibility index (Phi) is 5.78. The van der Waals surface area contributed by atoms with E-state index < -0.39 is 6.04 Å². The topological polar surface area (TPSA) is 72.3 Å². The molecule has 0 radical (unpaired) electrons. The number of benzene rings is 1. The highest BCUT2D eigenvalue weighted by Crippen LogP contribution is 2.35. The molecule has 0 amide bonds. The zero-order valence-corrected chi connectivity index (χ0v) is 10.4. The number of phenolic OH excluding ortho intramolecular Hbond substituents is 1. The van der Waals surface area contributed by atoms with Crippen LogP contribution in [0.1, 0.15) is 11.6 Å². The Hall–Kier alpha value is -0.000000000000000111. The lowest BCUT2D eigenvalue weighted by Gasteiger charge is -2.14. The molecule has 3 nitrogen and oxygen atoms in total. The summed E-state index contributed by atoms with van der Waals surface area (Å²) < 4.78 is 0.715. The monoisotopic (exact) mass is 300 g/mol. The second-order valence-corrected chi connectivity index (χ2v) is 3.90. The molecule has 0 fully saturated rings. The van der Waals surface area contributed by atoms with Crippen LogP contribution in [0.2, 0.25) is 5.02 Å². The van der Waals surface area contributed by atoms with E-state index in [-0.39, 0.29) is 29.7 Å². The molecule has 6 heteroatoms. The summed E-state index contributed by atoms with van der Waals surface area (Å²) in [5.41, 5.74) is 11.6. The van der Waals surface area contributed by atoms with Crippen LogP contribution in [0.4, 0.5) is 0 Å². The first-order valence-corrected chi connectivity index (χ1v) is 4.87. The molecule has 80 valence electrons. The molecule has 0 aromatic heterocycles. The van der Waals surface area contributed by atoms with Gasteiger partial charge in [0.05, 0.1) is 5.02 Å². The fourth-order valence-electron chi connectivity index (χ4n) is 1.03. The number of halogens is 3. The largest absolute Gasteiger partial charge is 0.506 e. The minimum Gasteiger partial charge on any atom is -0.506 e. The fraction of sp³-hybridized carbons (Fsp3) is 0.250. The predicted octanol–water partition coefficient (Wildman–Crippen LogP) is 2.19. The van der Waals surface area contributed by atoms with Crippen LogP contribution in [0.5, 0.6) is 5.75 Å². The van der Waals surface area contributed by atoms with Crippen LogP contribution in [0.15, 0.2) is 16.6 Å². The van der Waals surface area contributed by atoms with Crippen molar-refractivity contribution in [2.45, 2.75) is 6.04 Å². The van der Waals surface area contributed by atoms with Crippen molar-refractivity contribution in [3.63, 3.8) is 0 Å². The SMILES string of the molecule is Cl.NC[C@@H](N)c1c(Br)ccc(Cl)c1O. The third-order valence-electron chi connectivity index (χ3n) is 1.74. The highest BCUT2D eigenvalue weighted by molar-refractivity contribution is 9.10. The van der Waals surface area contributed by atoms with E-state index in [1.54, 1.807) is 12.1 Å². The van der Waals surface area contributed by atoms with Crippen molar-refractivity contribution in [3.05, 3.63) is 27.2 Å². The second kappa shape index (κ2) is 5.78.